The molecule has 0 saturated heterocycles. The number of rotatable bonds is 30. The Morgan fingerprint density at radius 1 is 0.471 bits per heavy atom. The Kier molecular flexibility index (Phi) is 26.5. The molecule has 2 aromatic heterocycles. The van der Waals surface area contributed by atoms with Crippen molar-refractivity contribution < 1.29 is 141 Å². The van der Waals surface area contributed by atoms with E-state index in [9.17, 15) is 44.7 Å². The fraction of sp³-hybridized carbons (Fsp3) is 0.435. The minimum Gasteiger partial charge on any atom is -0.549 e. The number of benzene rings is 2. The molecule has 2 heterocycles. The smallest absolute Gasteiger partial charge is 0.549 e. The van der Waals surface area contributed by atoms with Gasteiger partial charge in [-0.15, -0.1) is 0 Å². The number of carbonyl (C=O) groups is 4. The number of carboxylic acid groups (broad SMARTS) is 4. The first-order chi connectivity index (χ1) is 31.6. The van der Waals surface area contributed by atoms with E-state index in [1.165, 1.54) is 42.7 Å². The average molecular weight is 1100 g/mol. The number of unbranched alkanes of at least 4 members (excludes halogenated alkanes) is 3. The van der Waals surface area contributed by atoms with Crippen molar-refractivity contribution in [2.75, 3.05) is 82.0 Å². The summed E-state index contributed by atoms with van der Waals surface area (Å²) in [7, 11) is 8.89. The van der Waals surface area contributed by atoms with Crippen LogP contribution in [0.15, 0.2) is 48.5 Å². The van der Waals surface area contributed by atoms with Gasteiger partial charge in [0.05, 0.1) is 100 Å². The van der Waals surface area contributed by atoms with Crippen molar-refractivity contribution in [1.82, 2.24) is 24.7 Å². The molecule has 0 bridgehead atoms. The Morgan fingerprint density at radius 2 is 0.765 bits per heavy atom. The Bertz CT molecular complexity index is 2070. The summed E-state index contributed by atoms with van der Waals surface area (Å²) in [6, 6.07) is 13.6. The molecule has 0 unspecified atom stereocenters. The van der Waals surface area contributed by atoms with Gasteiger partial charge < -0.3 is 73.1 Å². The van der Waals surface area contributed by atoms with Crippen molar-refractivity contribution in [2.45, 2.75) is 51.9 Å². The minimum absolute atomic E-state index is 0. The maximum absolute atomic E-state index is 11.7. The van der Waals surface area contributed by atoms with Crippen molar-refractivity contribution in [3.05, 3.63) is 71.3 Å². The molecule has 1 N–H and O–H groups in total. The van der Waals surface area contributed by atoms with Crippen LogP contribution < -0.4 is 78.4 Å². The number of ether oxygens (including phenoxy) is 6. The molecule has 0 aliphatic heterocycles. The van der Waals surface area contributed by atoms with Crippen molar-refractivity contribution in [1.29, 1.82) is 0 Å². The van der Waals surface area contributed by atoms with Gasteiger partial charge in [0.25, 0.3) is 0 Å². The number of carboxylic acids is 4. The van der Waals surface area contributed by atoms with Crippen LogP contribution in [0, 0.1) is 38.2 Å². The van der Waals surface area contributed by atoms with Crippen LogP contribution in [-0.2, 0) is 45.4 Å². The first-order valence-corrected chi connectivity index (χ1v) is 20.8. The van der Waals surface area contributed by atoms with Crippen molar-refractivity contribution >= 4 is 23.9 Å². The van der Waals surface area contributed by atoms with Crippen LogP contribution in [0.3, 0.4) is 0 Å². The van der Waals surface area contributed by atoms with Gasteiger partial charge in [-0.05, 0) is 54.8 Å². The molecule has 0 aliphatic carbocycles. The summed E-state index contributed by atoms with van der Waals surface area (Å²) in [6.07, 6.45) is 2.81. The Labute approximate surface area is 447 Å². The van der Waals surface area contributed by atoms with Crippen LogP contribution in [0.1, 0.15) is 48.5 Å². The van der Waals surface area contributed by atoms with Gasteiger partial charge >= 0.3 is 67.7 Å². The molecule has 68 heavy (non-hydrogen) atoms. The third kappa shape index (κ3) is 18.5. The second-order valence-corrected chi connectivity index (χ2v) is 15.1. The van der Waals surface area contributed by atoms with Crippen LogP contribution in [0.25, 0.3) is 22.3 Å². The summed E-state index contributed by atoms with van der Waals surface area (Å²) in [5, 5.41) is 56.3. The summed E-state index contributed by atoms with van der Waals surface area (Å²) in [6.45, 7) is -2.51. The Morgan fingerprint density at radius 3 is 1.03 bits per heavy atom. The number of aliphatic hydroxyl groups is 1. The molecule has 1 radical (unpaired) electrons. The monoisotopic (exact) mass is 1100 g/mol. The zero-order valence-electron chi connectivity index (χ0n) is 39.2. The third-order valence-corrected chi connectivity index (χ3v) is 10.2. The van der Waals surface area contributed by atoms with Gasteiger partial charge in [-0.2, -0.15) is 0 Å². The van der Waals surface area contributed by atoms with Gasteiger partial charge in [-0.3, -0.25) is 24.7 Å². The minimum atomic E-state index is -1.50. The van der Waals surface area contributed by atoms with Crippen molar-refractivity contribution in [3.8, 4) is 56.8 Å². The van der Waals surface area contributed by atoms with Gasteiger partial charge in [-0.1, -0.05) is 12.8 Å². The fourth-order valence-corrected chi connectivity index (χ4v) is 7.49. The number of pyridine rings is 2. The topological polar surface area (TPSA) is 272 Å². The maximum Gasteiger partial charge on any atom is 3.00 e. The van der Waals surface area contributed by atoms with Crippen molar-refractivity contribution in [3.63, 3.8) is 0 Å². The van der Waals surface area contributed by atoms with E-state index in [0.717, 1.165) is 22.6 Å². The second-order valence-electron chi connectivity index (χ2n) is 15.1. The molecule has 0 atom stereocenters. The van der Waals surface area contributed by atoms with E-state index in [1.807, 2.05) is 0 Å². The summed E-state index contributed by atoms with van der Waals surface area (Å²) < 4.78 is 34.0. The molecule has 0 aliphatic rings. The van der Waals surface area contributed by atoms with Crippen LogP contribution in [0.5, 0.6) is 34.5 Å². The predicted octanol–water partition coefficient (Wildman–Crippen LogP) is -3.98. The summed E-state index contributed by atoms with van der Waals surface area (Å²) in [5.74, 6) is -3.60. The number of aromatic nitrogens is 2. The number of nitrogens with zero attached hydrogens (tertiary/aromatic N) is 5. The van der Waals surface area contributed by atoms with Crippen LogP contribution >= 0.6 is 0 Å². The normalized spacial score (nSPS) is 10.9. The van der Waals surface area contributed by atoms with E-state index in [0.29, 0.717) is 98.9 Å². The zero-order chi connectivity index (χ0) is 48.3. The summed E-state index contributed by atoms with van der Waals surface area (Å²) >= 11 is 0. The first-order valence-electron chi connectivity index (χ1n) is 20.8. The second kappa shape index (κ2) is 30.2. The van der Waals surface area contributed by atoms with E-state index in [-0.39, 0.29) is 101 Å². The molecule has 20 nitrogen and oxygen atoms in total. The quantitative estimate of drug-likeness (QED) is 0.0385. The van der Waals surface area contributed by atoms with Gasteiger partial charge in [0, 0.05) is 83.2 Å². The molecule has 0 spiro atoms. The van der Waals surface area contributed by atoms with E-state index in [2.05, 4.69) is 4.90 Å². The van der Waals surface area contributed by atoms with Crippen LogP contribution in [0.4, 0.5) is 0 Å². The number of aliphatic hydroxyl groups excluding tert-OH is 1. The molecule has 4 rings (SSSR count). The average Bonchev–Trinajstić information content (AvgIpc) is 3.26. The number of hydrogen-bond donors (Lipinski definition) is 1. The number of methoxy groups -OCH3 is 6. The molecule has 365 valence electrons. The summed E-state index contributed by atoms with van der Waals surface area (Å²) in [5.41, 5.74) is 3.64. The largest absolute Gasteiger partial charge is 3.00 e. The summed E-state index contributed by atoms with van der Waals surface area (Å²) in [4.78, 5) is 60.9. The SMILES string of the molecule is COc1cc(OC)c(-c2cc(CN(CC(=O)[O-])CC(=O)[O-])nc(CN(CCCCCCO)Cc3cc(-c4c(OC)cc(OC)cc4OC)cc(CN(CC(=O)[O-])CC(=O)[O-])n3)c2)c(OC)c1.[Dy+3].[Na+]. The van der Waals surface area contributed by atoms with Gasteiger partial charge in [-0.25, -0.2) is 0 Å². The molecule has 4 aromatic rings. The molecular formula is C46H55DyN5NaO15. The van der Waals surface area contributed by atoms with Crippen LogP contribution in [-0.4, -0.2) is 136 Å². The molecule has 0 amide bonds. The standard InChI is InChI=1S/C46H59N5O15.Dy.Na/c1-61-35-17-37(63-3)45(38(18-35)64-4)29-13-31(47-33(15-29)23-50(25-41(53)54)26-42(55)56)21-49(11-9-7-8-10-12-52)22-32-14-30(46-39(65-5)19-36(62-2)20-40(46)66-6)16-34(48-32)24-51(27-43(57)58)28-44(59)60;;/h13-20,52H,7-12,21-28H2,1-6H3,(H,53,54)(H,55,56)(H,57,58)(H,59,60);;/q;+3;+1/p-4. The Balaban J connectivity index is 0.00000793. The predicted molar refractivity (Wildman–Crippen MR) is 229 cm³/mol. The van der Waals surface area contributed by atoms with Gasteiger partial charge in [0.1, 0.15) is 34.5 Å². The first kappa shape index (κ1) is 59.7. The van der Waals surface area contributed by atoms with Crippen molar-refractivity contribution in [2.24, 2.45) is 0 Å². The van der Waals surface area contributed by atoms with Gasteiger partial charge in [0.15, 0.2) is 0 Å². The van der Waals surface area contributed by atoms with E-state index < -0.39 is 50.1 Å². The van der Waals surface area contributed by atoms with Gasteiger partial charge in [0.2, 0.25) is 0 Å². The maximum atomic E-state index is 11.7. The zero-order valence-corrected chi connectivity index (χ0v) is 43.3. The molecule has 0 saturated carbocycles. The molecule has 2 aromatic carbocycles. The fourth-order valence-electron chi connectivity index (χ4n) is 7.49. The van der Waals surface area contributed by atoms with E-state index in [1.54, 1.807) is 48.5 Å². The van der Waals surface area contributed by atoms with E-state index >= 15 is 0 Å². The number of carbonyl (C=O) groups excluding carboxylic acids is 4. The molecular weight excluding hydrogens is 1050 g/mol. The molecule has 0 fully saturated rings. The number of hydrogen-bond acceptors (Lipinski definition) is 20. The van der Waals surface area contributed by atoms with E-state index in [4.69, 9.17) is 38.4 Å². The third-order valence-electron chi connectivity index (χ3n) is 10.2. The van der Waals surface area contributed by atoms with Crippen LogP contribution in [0.2, 0.25) is 0 Å². The Hall–Kier alpha value is -4.47. The molecule has 22 heteroatoms. The number of aliphatic carboxylic acids is 4.